The molecule has 0 N–H and O–H groups in total. The summed E-state index contributed by atoms with van der Waals surface area (Å²) >= 11 is 0. The van der Waals surface area contributed by atoms with Crippen LogP contribution in [0.3, 0.4) is 0 Å². The smallest absolute Gasteiger partial charge is 0.383 e. The van der Waals surface area contributed by atoms with E-state index in [1.165, 1.54) is 66.7 Å². The molecule has 15 nitrogen and oxygen atoms in total. The molecule has 0 unspecified atom stereocenters. The van der Waals surface area contributed by atoms with Crippen molar-refractivity contribution in [2.24, 2.45) is 0 Å². The van der Waals surface area contributed by atoms with Crippen molar-refractivity contribution in [3.63, 3.8) is 0 Å². The topological polar surface area (TPSA) is 189 Å². The highest BCUT2D eigenvalue weighted by Gasteiger charge is 2.54. The highest BCUT2D eigenvalue weighted by atomic mass is 16.7. The molecule has 0 spiro atoms. The maximum atomic E-state index is 14.0. The van der Waals surface area contributed by atoms with Gasteiger partial charge in [-0.05, 0) is 66.2 Å². The Morgan fingerprint density at radius 3 is 1.54 bits per heavy atom. The van der Waals surface area contributed by atoms with Crippen LogP contribution in [0.5, 0.6) is 17.2 Å². The summed E-state index contributed by atoms with van der Waals surface area (Å²) in [7, 11) is 0. The second-order valence-corrected chi connectivity index (χ2v) is 14.9. The molecular weight excluding hydrogens is 865 g/mol. The number of carbonyl (C=O) groups is 5. The van der Waals surface area contributed by atoms with Gasteiger partial charge in [-0.3, -0.25) is 4.79 Å². The molecule has 0 saturated carbocycles. The Morgan fingerprint density at radius 1 is 0.537 bits per heavy atom. The van der Waals surface area contributed by atoms with Gasteiger partial charge in [-0.15, -0.1) is 0 Å². The van der Waals surface area contributed by atoms with Gasteiger partial charge in [0.05, 0.1) is 27.6 Å². The van der Waals surface area contributed by atoms with E-state index in [9.17, 15) is 28.8 Å². The standard InChI is InChI=1S/C52H40O15/c1-32(53)61-45-42(59-30-33-17-7-2-8-18-33)39-28-27-38(29-40(39)63-51(45)58)62-52-46(67-50(57)37-25-15-6-16-26-37)44(66-49(56)36-23-13-5-14-24-36)43(65-48(55)35-21-11-4-12-22-35)41(64-52)31-60-47(54)34-19-9-3-10-20-34/h2-29,41,43-44,46,52H,30-31H2,1H3/t41-,43-,44+,46-,52-/m1/s1. The number of ether oxygens (including phenoxy) is 8. The summed E-state index contributed by atoms with van der Waals surface area (Å²) in [5.74, 6) is -4.81. The van der Waals surface area contributed by atoms with E-state index in [1.807, 2.05) is 30.3 Å². The second kappa shape index (κ2) is 21.0. The van der Waals surface area contributed by atoms with Crippen LogP contribution in [0.1, 0.15) is 53.9 Å². The van der Waals surface area contributed by atoms with Crippen LogP contribution >= 0.6 is 0 Å². The summed E-state index contributed by atoms with van der Waals surface area (Å²) in [6, 6.07) is 45.2. The second-order valence-electron chi connectivity index (χ2n) is 14.9. The minimum Gasteiger partial charge on any atom is -0.484 e. The summed E-state index contributed by atoms with van der Waals surface area (Å²) in [4.78, 5) is 80.8. The van der Waals surface area contributed by atoms with Crippen LogP contribution in [0, 0.1) is 0 Å². The van der Waals surface area contributed by atoms with Crippen molar-refractivity contribution in [2.45, 2.75) is 44.2 Å². The molecule has 8 rings (SSSR count). The Balaban J connectivity index is 1.21. The average molecular weight is 905 g/mol. The van der Waals surface area contributed by atoms with E-state index in [4.69, 9.17) is 42.3 Å². The van der Waals surface area contributed by atoms with Crippen LogP contribution in [-0.4, -0.2) is 67.2 Å². The summed E-state index contributed by atoms with van der Waals surface area (Å²) in [5, 5.41) is 0.212. The van der Waals surface area contributed by atoms with E-state index in [0.29, 0.717) is 0 Å². The average Bonchev–Trinajstić information content (AvgIpc) is 3.36. The highest BCUT2D eigenvalue weighted by molar-refractivity contribution is 5.92. The fraction of sp³-hybridized carbons (Fsp3) is 0.154. The van der Waals surface area contributed by atoms with Gasteiger partial charge in [0.15, 0.2) is 18.0 Å². The first-order valence-corrected chi connectivity index (χ1v) is 20.9. The van der Waals surface area contributed by atoms with Crippen LogP contribution in [0.2, 0.25) is 0 Å². The number of hydrogen-bond donors (Lipinski definition) is 0. The molecule has 1 aromatic heterocycles. The molecule has 1 aliphatic heterocycles. The van der Waals surface area contributed by atoms with Crippen molar-refractivity contribution >= 4 is 40.8 Å². The quantitative estimate of drug-likeness (QED) is 0.0547. The maximum absolute atomic E-state index is 14.0. The van der Waals surface area contributed by atoms with Crippen LogP contribution in [0.25, 0.3) is 11.0 Å². The fourth-order valence-corrected chi connectivity index (χ4v) is 7.07. The number of carbonyl (C=O) groups excluding carboxylic acids is 5. The van der Waals surface area contributed by atoms with Gasteiger partial charge in [0.25, 0.3) is 5.75 Å². The molecule has 1 fully saturated rings. The summed E-state index contributed by atoms with van der Waals surface area (Å²) in [6.45, 7) is 0.526. The van der Waals surface area contributed by atoms with Gasteiger partial charge in [-0.25, -0.2) is 24.0 Å². The fourth-order valence-electron chi connectivity index (χ4n) is 7.07. The van der Waals surface area contributed by atoms with Gasteiger partial charge in [0.2, 0.25) is 12.4 Å². The molecule has 0 bridgehead atoms. The lowest BCUT2D eigenvalue weighted by atomic mass is 9.97. The first-order valence-electron chi connectivity index (χ1n) is 20.9. The zero-order valence-electron chi connectivity index (χ0n) is 35.6. The Kier molecular flexibility index (Phi) is 14.1. The molecule has 338 valence electrons. The van der Waals surface area contributed by atoms with Gasteiger partial charge < -0.3 is 42.3 Å². The van der Waals surface area contributed by atoms with E-state index in [0.717, 1.165) is 12.5 Å². The Bertz CT molecular complexity index is 2910. The van der Waals surface area contributed by atoms with Crippen LogP contribution in [-0.2, 0) is 35.1 Å². The van der Waals surface area contributed by atoms with Gasteiger partial charge in [-0.2, -0.15) is 0 Å². The number of hydrogen-bond acceptors (Lipinski definition) is 15. The van der Waals surface area contributed by atoms with Crippen molar-refractivity contribution in [2.75, 3.05) is 6.61 Å². The van der Waals surface area contributed by atoms with E-state index < -0.39 is 78.5 Å². The third-order valence-electron chi connectivity index (χ3n) is 10.3. The van der Waals surface area contributed by atoms with Gasteiger partial charge in [-0.1, -0.05) is 103 Å². The molecule has 0 radical (unpaired) electrons. The SMILES string of the molecule is CC(=O)Oc1c(OCc2ccccc2)c2ccc(O[C@@H]3O[C@H](COC(=O)c4ccccc4)[C@@H](OC(=O)c4ccccc4)[C@H](OC(=O)c4ccccc4)[C@H]3OC(=O)c3ccccc3)cc2oc1=O. The molecule has 15 heteroatoms. The largest absolute Gasteiger partial charge is 0.484 e. The number of rotatable bonds is 15. The maximum Gasteiger partial charge on any atom is 0.383 e. The van der Waals surface area contributed by atoms with Crippen molar-refractivity contribution in [3.05, 3.63) is 208 Å². The lowest BCUT2D eigenvalue weighted by molar-refractivity contribution is -0.275. The van der Waals surface area contributed by atoms with Crippen LogP contribution in [0.4, 0.5) is 0 Å². The Morgan fingerprint density at radius 2 is 1.01 bits per heavy atom. The monoisotopic (exact) mass is 904 g/mol. The summed E-state index contributed by atoms with van der Waals surface area (Å²) in [6.07, 6.45) is -8.19. The van der Waals surface area contributed by atoms with Crippen LogP contribution in [0.15, 0.2) is 179 Å². The van der Waals surface area contributed by atoms with Crippen molar-refractivity contribution < 1.29 is 66.3 Å². The molecule has 6 aromatic carbocycles. The minimum atomic E-state index is -1.72. The molecule has 0 amide bonds. The van der Waals surface area contributed by atoms with Crippen molar-refractivity contribution in [3.8, 4) is 17.2 Å². The molecule has 0 aliphatic carbocycles. The van der Waals surface area contributed by atoms with E-state index >= 15 is 0 Å². The predicted octanol–water partition coefficient (Wildman–Crippen LogP) is 7.93. The summed E-state index contributed by atoms with van der Waals surface area (Å²) in [5.41, 5.74) is 0.157. The number of fused-ring (bicyclic) bond motifs is 1. The molecule has 5 atom stereocenters. The third-order valence-corrected chi connectivity index (χ3v) is 10.3. The van der Waals surface area contributed by atoms with E-state index in [2.05, 4.69) is 0 Å². The van der Waals surface area contributed by atoms with Crippen molar-refractivity contribution in [1.29, 1.82) is 0 Å². The molecule has 1 saturated heterocycles. The number of benzene rings is 6. The molecular formula is C52H40O15. The van der Waals surface area contributed by atoms with Crippen molar-refractivity contribution in [1.82, 2.24) is 0 Å². The Labute approximate surface area is 382 Å². The molecule has 7 aromatic rings. The lowest BCUT2D eigenvalue weighted by Gasteiger charge is -2.44. The molecule has 1 aliphatic rings. The van der Waals surface area contributed by atoms with Gasteiger partial charge in [0.1, 0.15) is 30.7 Å². The van der Waals surface area contributed by atoms with Gasteiger partial charge in [0, 0.05) is 13.0 Å². The molecule has 67 heavy (non-hydrogen) atoms. The van der Waals surface area contributed by atoms with Crippen LogP contribution < -0.4 is 19.8 Å². The number of esters is 5. The van der Waals surface area contributed by atoms with E-state index in [1.54, 1.807) is 72.8 Å². The highest BCUT2D eigenvalue weighted by Crippen LogP contribution is 2.37. The minimum absolute atomic E-state index is 0.00831. The third kappa shape index (κ3) is 11.0. The first kappa shape index (κ1) is 45.0. The summed E-state index contributed by atoms with van der Waals surface area (Å²) < 4.78 is 54.0. The normalized spacial score (nSPS) is 17.6. The molecule has 2 heterocycles. The predicted molar refractivity (Wildman–Crippen MR) is 238 cm³/mol. The zero-order valence-corrected chi connectivity index (χ0v) is 35.6. The lowest BCUT2D eigenvalue weighted by Crippen LogP contribution is -2.63. The zero-order chi connectivity index (χ0) is 46.7. The first-order chi connectivity index (χ1) is 32.6. The Hall–Kier alpha value is -8.56. The van der Waals surface area contributed by atoms with E-state index in [-0.39, 0.29) is 51.3 Å². The van der Waals surface area contributed by atoms with Gasteiger partial charge >= 0.3 is 35.5 Å².